The smallest absolute Gasteiger partial charge is 0.267 e. The van der Waals surface area contributed by atoms with E-state index in [9.17, 15) is 17.6 Å². The minimum atomic E-state index is -3.80. The van der Waals surface area contributed by atoms with Crippen molar-refractivity contribution >= 4 is 39.1 Å². The van der Waals surface area contributed by atoms with Crippen LogP contribution in [0.5, 0.6) is 5.75 Å². The lowest BCUT2D eigenvalue weighted by Gasteiger charge is -2.45. The van der Waals surface area contributed by atoms with Crippen LogP contribution < -0.4 is 14.8 Å². The molecule has 1 amide bonds. The van der Waals surface area contributed by atoms with Gasteiger partial charge in [-0.1, -0.05) is 23.2 Å². The maximum Gasteiger partial charge on any atom is 0.267 e. The van der Waals surface area contributed by atoms with Crippen LogP contribution in [-0.2, 0) is 10.0 Å². The number of ether oxygens (including phenoxy) is 1. The van der Waals surface area contributed by atoms with Crippen LogP contribution in [0.1, 0.15) is 73.0 Å². The molecule has 2 N–H and O–H groups in total. The normalized spacial score (nSPS) is 18.1. The largest absolute Gasteiger partial charge is 0.493 e. The minimum Gasteiger partial charge on any atom is -0.493 e. The van der Waals surface area contributed by atoms with E-state index in [4.69, 9.17) is 27.9 Å². The predicted molar refractivity (Wildman–Crippen MR) is 153 cm³/mol. The van der Waals surface area contributed by atoms with E-state index in [1.807, 2.05) is 23.9 Å². The van der Waals surface area contributed by atoms with Crippen molar-refractivity contribution in [2.75, 3.05) is 33.0 Å². The average molecular weight is 601 g/mol. The van der Waals surface area contributed by atoms with E-state index in [0.717, 1.165) is 56.2 Å². The van der Waals surface area contributed by atoms with E-state index >= 15 is 0 Å². The van der Waals surface area contributed by atoms with Gasteiger partial charge in [0.15, 0.2) is 0 Å². The third-order valence-corrected chi connectivity index (χ3v) is 8.65. The van der Waals surface area contributed by atoms with Crippen molar-refractivity contribution in [1.82, 2.24) is 14.9 Å². The first-order chi connectivity index (χ1) is 18.3. The molecule has 11 heteroatoms. The van der Waals surface area contributed by atoms with E-state index in [1.54, 1.807) is 6.07 Å². The van der Waals surface area contributed by atoms with Crippen molar-refractivity contribution < 1.29 is 22.3 Å². The molecule has 39 heavy (non-hydrogen) atoms. The Hall–Kier alpha value is -1.91. The summed E-state index contributed by atoms with van der Waals surface area (Å²) >= 11 is 12.7. The second-order valence-electron chi connectivity index (χ2n) is 11.2. The first kappa shape index (κ1) is 30.1. The lowest BCUT2D eigenvalue weighted by Crippen LogP contribution is -2.52. The molecule has 0 unspecified atom stereocenters. The molecule has 2 fully saturated rings. The topological polar surface area (TPSA) is 87.7 Å². The predicted octanol–water partition coefficient (Wildman–Crippen LogP) is 5.53. The highest BCUT2D eigenvalue weighted by Crippen LogP contribution is 2.45. The number of likely N-dealkylation sites (tertiary alicyclic amines) is 1. The van der Waals surface area contributed by atoms with Crippen LogP contribution in [0.2, 0.25) is 10.0 Å². The number of halogens is 3. The summed E-state index contributed by atoms with van der Waals surface area (Å²) in [4.78, 5) is 14.8. The minimum absolute atomic E-state index is 0.0572. The zero-order valence-corrected chi connectivity index (χ0v) is 25.0. The molecule has 2 aromatic rings. The fraction of sp³-hybridized carbons (Fsp3) is 0.536. The van der Waals surface area contributed by atoms with Gasteiger partial charge in [0.2, 0.25) is 10.0 Å². The first-order valence-electron chi connectivity index (χ1n) is 13.1. The molecule has 1 aliphatic carbocycles. The van der Waals surface area contributed by atoms with Gasteiger partial charge in [-0.15, -0.1) is 0 Å². The average Bonchev–Trinajstić information content (AvgIpc) is 3.67. The van der Waals surface area contributed by atoms with Crippen molar-refractivity contribution in [3.63, 3.8) is 0 Å². The molecule has 1 heterocycles. The Morgan fingerprint density at radius 3 is 2.26 bits per heavy atom. The van der Waals surface area contributed by atoms with E-state index in [0.29, 0.717) is 22.4 Å². The fourth-order valence-corrected chi connectivity index (χ4v) is 6.34. The quantitative estimate of drug-likeness (QED) is 0.373. The number of hydrogen-bond acceptors (Lipinski definition) is 6. The van der Waals surface area contributed by atoms with Crippen LogP contribution in [0.4, 0.5) is 4.39 Å². The molecule has 1 aliphatic heterocycles. The molecule has 7 nitrogen and oxygen atoms in total. The number of nitrogens with zero attached hydrogens (tertiary/aromatic N) is 1. The number of amides is 1. The summed E-state index contributed by atoms with van der Waals surface area (Å²) in [5, 5.41) is 4.65. The number of carbonyl (C=O) groups excluding carboxylic acids is 1. The fourth-order valence-electron chi connectivity index (χ4n) is 5.35. The third kappa shape index (κ3) is 7.64. The molecule has 1 atom stereocenters. The summed E-state index contributed by atoms with van der Waals surface area (Å²) in [6, 6.07) is 8.39. The van der Waals surface area contributed by atoms with Crippen molar-refractivity contribution in [2.24, 2.45) is 5.92 Å². The summed E-state index contributed by atoms with van der Waals surface area (Å²) in [5.74, 6) is -0.887. The van der Waals surface area contributed by atoms with Gasteiger partial charge >= 0.3 is 0 Å². The van der Waals surface area contributed by atoms with Crippen LogP contribution in [0.3, 0.4) is 0 Å². The van der Waals surface area contributed by atoms with Gasteiger partial charge in [0, 0.05) is 21.7 Å². The number of rotatable bonds is 10. The molecular weight excluding hydrogens is 564 g/mol. The summed E-state index contributed by atoms with van der Waals surface area (Å²) in [6.07, 6.45) is 4.51. The number of piperidine rings is 1. The summed E-state index contributed by atoms with van der Waals surface area (Å²) in [7, 11) is -1.85. The van der Waals surface area contributed by atoms with Crippen LogP contribution in [0, 0.1) is 11.7 Å². The van der Waals surface area contributed by atoms with Crippen LogP contribution in [-0.4, -0.2) is 57.8 Å². The van der Waals surface area contributed by atoms with E-state index in [2.05, 4.69) is 24.1 Å². The van der Waals surface area contributed by atoms with Crippen molar-refractivity contribution in [3.05, 3.63) is 62.9 Å². The molecule has 214 valence electrons. The van der Waals surface area contributed by atoms with Gasteiger partial charge in [0.1, 0.15) is 11.6 Å². The molecule has 1 saturated carbocycles. The Morgan fingerprint density at radius 1 is 1.10 bits per heavy atom. The van der Waals surface area contributed by atoms with Crippen molar-refractivity contribution in [3.8, 4) is 5.75 Å². The van der Waals surface area contributed by atoms with E-state index in [1.165, 1.54) is 12.1 Å². The Bertz CT molecular complexity index is 1310. The van der Waals surface area contributed by atoms with Crippen LogP contribution in [0.15, 0.2) is 30.3 Å². The summed E-state index contributed by atoms with van der Waals surface area (Å²) in [5.41, 5.74) is 1.29. The molecule has 4 rings (SSSR count). The molecule has 0 radical (unpaired) electrons. The number of nitrogens with one attached hydrogen (secondary N) is 2. The zero-order valence-electron chi connectivity index (χ0n) is 22.7. The number of sulfonamides is 1. The van der Waals surface area contributed by atoms with E-state index < -0.39 is 21.7 Å². The molecule has 0 aromatic heterocycles. The second kappa shape index (κ2) is 11.9. The van der Waals surface area contributed by atoms with Crippen LogP contribution in [0.25, 0.3) is 0 Å². The van der Waals surface area contributed by atoms with Gasteiger partial charge in [0.25, 0.3) is 5.91 Å². The third-order valence-electron chi connectivity index (χ3n) is 7.66. The Labute approximate surface area is 240 Å². The molecule has 0 bridgehead atoms. The maximum atomic E-state index is 14.8. The number of benzene rings is 2. The lowest BCUT2D eigenvalue weighted by molar-refractivity contribution is 0.0660. The van der Waals surface area contributed by atoms with Gasteiger partial charge in [-0.05, 0) is 107 Å². The monoisotopic (exact) mass is 599 g/mol. The van der Waals surface area contributed by atoms with Gasteiger partial charge < -0.3 is 10.1 Å². The maximum absolute atomic E-state index is 14.8. The number of carbonyl (C=O) groups is 1. The van der Waals surface area contributed by atoms with Gasteiger partial charge in [-0.25, -0.2) is 17.5 Å². The van der Waals surface area contributed by atoms with Crippen molar-refractivity contribution in [1.29, 1.82) is 0 Å². The zero-order chi connectivity index (χ0) is 28.5. The van der Waals surface area contributed by atoms with E-state index in [-0.39, 0.29) is 29.0 Å². The molecule has 0 spiro atoms. The SMILES string of the molecule is CNC(C)(C)[C@H](c1cc(Cl)cc(Cl)c1)N1CCC(COc2cc(F)c(C(=O)NS(C)(=O)=O)cc2C2CC2)CC1. The van der Waals surface area contributed by atoms with Crippen molar-refractivity contribution in [2.45, 2.75) is 57.0 Å². The Morgan fingerprint density at radius 2 is 1.72 bits per heavy atom. The standard InChI is InChI=1S/C28H36Cl2FN3O4S/c1-28(2,32-3)26(19-11-20(29)13-21(30)12-19)34-9-7-17(8-10-34)16-38-25-15-24(31)23(14-22(25)18-5-6-18)27(35)33-39(4,36)37/h11-15,17-18,26,32H,5-10,16H2,1-4H3,(H,33,35)/t26-/m0/s1. The molecular formula is C28H36Cl2FN3O4S. The van der Waals surface area contributed by atoms with Gasteiger partial charge in [0.05, 0.1) is 24.5 Å². The second-order valence-corrected chi connectivity index (χ2v) is 13.8. The number of likely N-dealkylation sites (N-methyl/N-ethyl adjacent to an activating group) is 1. The molecule has 1 saturated heterocycles. The lowest BCUT2D eigenvalue weighted by atomic mass is 9.85. The van der Waals surface area contributed by atoms with Crippen LogP contribution >= 0.6 is 23.2 Å². The molecule has 2 aromatic carbocycles. The van der Waals surface area contributed by atoms with Gasteiger partial charge in [-0.2, -0.15) is 0 Å². The highest BCUT2D eigenvalue weighted by Gasteiger charge is 2.37. The summed E-state index contributed by atoms with van der Waals surface area (Å²) < 4.78 is 45.7. The Kier molecular flexibility index (Phi) is 9.18. The first-order valence-corrected chi connectivity index (χ1v) is 15.8. The van der Waals surface area contributed by atoms with Gasteiger partial charge in [-0.3, -0.25) is 9.69 Å². The highest BCUT2D eigenvalue weighted by atomic mass is 35.5. The highest BCUT2D eigenvalue weighted by molar-refractivity contribution is 7.89. The summed E-state index contributed by atoms with van der Waals surface area (Å²) in [6.45, 7) is 6.46. The number of hydrogen-bond donors (Lipinski definition) is 2. The molecule has 2 aliphatic rings. The Balaban J connectivity index is 1.44.